The molecule has 5 nitrogen and oxygen atoms in total. The van der Waals surface area contributed by atoms with Crippen molar-refractivity contribution in [2.75, 3.05) is 0 Å². The van der Waals surface area contributed by atoms with Gasteiger partial charge in [-0.3, -0.25) is 9.36 Å². The maximum absolute atomic E-state index is 12.4. The largest absolute Gasteiger partial charge is 0.481 e. The van der Waals surface area contributed by atoms with E-state index >= 15 is 0 Å². The van der Waals surface area contributed by atoms with Crippen LogP contribution in [-0.2, 0) is 14.9 Å². The Morgan fingerprint density at radius 2 is 1.91 bits per heavy atom. The number of hydrogen-bond acceptors (Lipinski definition) is 3. The molecule has 1 aliphatic rings. The predicted octanol–water partition coefficient (Wildman–Crippen LogP) is 3.54. The number of rotatable bonds is 2. The van der Waals surface area contributed by atoms with Crippen LogP contribution in [0.3, 0.4) is 0 Å². The minimum absolute atomic E-state index is 0.490. The van der Waals surface area contributed by atoms with Gasteiger partial charge in [-0.25, -0.2) is 4.79 Å². The van der Waals surface area contributed by atoms with Crippen molar-refractivity contribution < 1.29 is 19.4 Å². The van der Waals surface area contributed by atoms with Gasteiger partial charge in [-0.1, -0.05) is 18.2 Å². The molecule has 1 N–H and O–H groups in total. The molecule has 1 heterocycles. The lowest BCUT2D eigenvalue weighted by atomic mass is 9.94. The fourth-order valence-electron chi connectivity index (χ4n) is 2.77. The van der Waals surface area contributed by atoms with Crippen molar-refractivity contribution in [2.45, 2.75) is 44.6 Å². The number of aliphatic carboxylic acids is 1. The maximum Gasteiger partial charge on any atom is 0.419 e. The third kappa shape index (κ3) is 2.26. The second-order valence-corrected chi connectivity index (χ2v) is 6.80. The van der Waals surface area contributed by atoms with Crippen LogP contribution in [0, 0.1) is 0 Å². The van der Waals surface area contributed by atoms with E-state index in [2.05, 4.69) is 0 Å². The third-order valence-corrected chi connectivity index (χ3v) is 3.98. The van der Waals surface area contributed by atoms with Gasteiger partial charge in [0.05, 0.1) is 10.9 Å². The van der Waals surface area contributed by atoms with E-state index < -0.39 is 23.1 Å². The zero-order valence-corrected chi connectivity index (χ0v) is 12.9. The lowest BCUT2D eigenvalue weighted by Gasteiger charge is -2.21. The van der Waals surface area contributed by atoms with E-state index in [0.29, 0.717) is 23.9 Å². The van der Waals surface area contributed by atoms with Crippen LogP contribution >= 0.6 is 0 Å². The zero-order valence-electron chi connectivity index (χ0n) is 12.9. The van der Waals surface area contributed by atoms with Crippen LogP contribution in [-0.4, -0.2) is 27.3 Å². The van der Waals surface area contributed by atoms with Gasteiger partial charge in [-0.15, -0.1) is 0 Å². The summed E-state index contributed by atoms with van der Waals surface area (Å²) in [7, 11) is 0. The smallest absolute Gasteiger partial charge is 0.419 e. The average Bonchev–Trinajstić information content (AvgIpc) is 3.09. The molecule has 0 bridgehead atoms. The summed E-state index contributed by atoms with van der Waals surface area (Å²) in [6.45, 7) is 5.41. The van der Waals surface area contributed by atoms with E-state index in [0.717, 1.165) is 5.39 Å². The first-order valence-corrected chi connectivity index (χ1v) is 7.32. The zero-order chi connectivity index (χ0) is 16.1. The minimum atomic E-state index is -0.863. The molecule has 1 aliphatic carbocycles. The van der Waals surface area contributed by atoms with Gasteiger partial charge in [-0.2, -0.15) is 0 Å². The molecule has 0 unspecified atom stereocenters. The molecule has 2 aromatic rings. The highest BCUT2D eigenvalue weighted by molar-refractivity contribution is 5.97. The van der Waals surface area contributed by atoms with Gasteiger partial charge in [0.15, 0.2) is 0 Å². The first kappa shape index (κ1) is 14.6. The van der Waals surface area contributed by atoms with Gasteiger partial charge in [0, 0.05) is 11.6 Å². The number of benzene rings is 1. The molecule has 0 radical (unpaired) electrons. The average molecular weight is 301 g/mol. The van der Waals surface area contributed by atoms with E-state index in [1.165, 1.54) is 4.57 Å². The minimum Gasteiger partial charge on any atom is -0.481 e. The number of carboxylic acid groups (broad SMARTS) is 1. The fraction of sp³-hybridized carbons (Fsp3) is 0.412. The van der Waals surface area contributed by atoms with Gasteiger partial charge in [0.25, 0.3) is 0 Å². The number of ether oxygens (including phenoxy) is 1. The quantitative estimate of drug-likeness (QED) is 0.921. The van der Waals surface area contributed by atoms with Crippen molar-refractivity contribution in [1.82, 2.24) is 4.57 Å². The van der Waals surface area contributed by atoms with Crippen LogP contribution in [0.15, 0.2) is 30.5 Å². The normalized spacial score (nSPS) is 16.5. The monoisotopic (exact) mass is 301 g/mol. The second-order valence-electron chi connectivity index (χ2n) is 6.80. The molecule has 3 rings (SSSR count). The highest BCUT2D eigenvalue weighted by Gasteiger charge is 2.53. The molecule has 1 aromatic carbocycles. The number of nitrogens with zero attached hydrogens (tertiary/aromatic N) is 1. The van der Waals surface area contributed by atoms with E-state index in [9.17, 15) is 14.7 Å². The molecule has 0 saturated heterocycles. The van der Waals surface area contributed by atoms with E-state index in [-0.39, 0.29) is 0 Å². The topological polar surface area (TPSA) is 68.5 Å². The summed E-state index contributed by atoms with van der Waals surface area (Å²) in [6.07, 6.45) is 2.35. The lowest BCUT2D eigenvalue weighted by molar-refractivity contribution is -0.140. The van der Waals surface area contributed by atoms with Gasteiger partial charge in [-0.05, 0) is 45.2 Å². The van der Waals surface area contributed by atoms with Crippen LogP contribution < -0.4 is 0 Å². The molecule has 0 spiro atoms. The summed E-state index contributed by atoms with van der Waals surface area (Å²) in [5.41, 5.74) is -0.144. The van der Waals surface area contributed by atoms with Crippen molar-refractivity contribution in [3.05, 3.63) is 36.0 Å². The predicted molar refractivity (Wildman–Crippen MR) is 82.1 cm³/mol. The highest BCUT2D eigenvalue weighted by atomic mass is 16.6. The second kappa shape index (κ2) is 4.60. The summed E-state index contributed by atoms with van der Waals surface area (Å²) in [5.74, 6) is -0.836. The molecule has 1 saturated carbocycles. The molecule has 116 valence electrons. The Balaban J connectivity index is 2.14. The van der Waals surface area contributed by atoms with Crippen molar-refractivity contribution in [3.63, 3.8) is 0 Å². The molecule has 5 heteroatoms. The standard InChI is InChI=1S/C17H19NO4/c1-16(2,3)22-15(21)18-10-7-11-5-4-6-12(13(11)18)17(8-9-17)14(19)20/h4-7,10H,8-9H2,1-3H3,(H,19,20). The molecular formula is C17H19NO4. The lowest BCUT2D eigenvalue weighted by Crippen LogP contribution is -2.27. The van der Waals surface area contributed by atoms with E-state index in [1.807, 2.05) is 12.1 Å². The first-order chi connectivity index (χ1) is 10.2. The van der Waals surface area contributed by atoms with Crippen LogP contribution in [0.5, 0.6) is 0 Å². The summed E-state index contributed by atoms with van der Waals surface area (Å²) >= 11 is 0. The van der Waals surface area contributed by atoms with Gasteiger partial charge in [0.1, 0.15) is 5.60 Å². The van der Waals surface area contributed by atoms with Crippen molar-refractivity contribution in [2.24, 2.45) is 0 Å². The first-order valence-electron chi connectivity index (χ1n) is 7.32. The SMILES string of the molecule is CC(C)(C)OC(=O)n1ccc2cccc(C3(C(=O)O)CC3)c21. The molecule has 1 fully saturated rings. The van der Waals surface area contributed by atoms with Gasteiger partial charge in [0.2, 0.25) is 0 Å². The molecule has 0 aliphatic heterocycles. The number of hydrogen-bond donors (Lipinski definition) is 1. The Kier molecular flexibility index (Phi) is 3.06. The number of carbonyl (C=O) groups excluding carboxylic acids is 1. The Morgan fingerprint density at radius 3 is 2.45 bits per heavy atom. The summed E-state index contributed by atoms with van der Waals surface area (Å²) in [6, 6.07) is 7.31. The van der Waals surface area contributed by atoms with Crippen LogP contribution in [0.25, 0.3) is 10.9 Å². The number of carbonyl (C=O) groups is 2. The highest BCUT2D eigenvalue weighted by Crippen LogP contribution is 2.50. The van der Waals surface area contributed by atoms with E-state index in [1.54, 1.807) is 39.1 Å². The Morgan fingerprint density at radius 1 is 1.23 bits per heavy atom. The Bertz CT molecular complexity index is 763. The van der Waals surface area contributed by atoms with Crippen LogP contribution in [0.4, 0.5) is 4.79 Å². The van der Waals surface area contributed by atoms with Crippen LogP contribution in [0.1, 0.15) is 39.2 Å². The Hall–Kier alpha value is -2.30. The Labute approximate surface area is 128 Å². The van der Waals surface area contributed by atoms with Gasteiger partial charge >= 0.3 is 12.1 Å². The van der Waals surface area contributed by atoms with Crippen molar-refractivity contribution in [1.29, 1.82) is 0 Å². The van der Waals surface area contributed by atoms with Crippen molar-refractivity contribution >= 4 is 23.0 Å². The van der Waals surface area contributed by atoms with E-state index in [4.69, 9.17) is 4.74 Å². The summed E-state index contributed by atoms with van der Waals surface area (Å²) < 4.78 is 6.83. The van der Waals surface area contributed by atoms with Crippen molar-refractivity contribution in [3.8, 4) is 0 Å². The summed E-state index contributed by atoms with van der Waals surface area (Å²) in [5, 5.41) is 10.4. The van der Waals surface area contributed by atoms with Crippen LogP contribution in [0.2, 0.25) is 0 Å². The van der Waals surface area contributed by atoms with Gasteiger partial charge < -0.3 is 9.84 Å². The maximum atomic E-state index is 12.4. The molecular weight excluding hydrogens is 282 g/mol. The summed E-state index contributed by atoms with van der Waals surface area (Å²) in [4.78, 5) is 24.0. The molecule has 22 heavy (non-hydrogen) atoms. The molecule has 0 amide bonds. The molecule has 1 aromatic heterocycles. The molecule has 0 atom stereocenters. The number of fused-ring (bicyclic) bond motifs is 1. The number of carboxylic acids is 1. The number of para-hydroxylation sites is 1. The fourth-order valence-corrected chi connectivity index (χ4v) is 2.77. The number of aromatic nitrogens is 1. The third-order valence-electron chi connectivity index (χ3n) is 3.98.